The van der Waals surface area contributed by atoms with Gasteiger partial charge in [-0.15, -0.1) is 0 Å². The molecule has 1 unspecified atom stereocenters. The monoisotopic (exact) mass is 246 g/mol. The van der Waals surface area contributed by atoms with Crippen LogP contribution >= 0.6 is 0 Å². The SMILES string of the molecule is CCCO[Si]1(C)CCC(C)(C)O[Si]1(C)C. The van der Waals surface area contributed by atoms with Gasteiger partial charge in [-0.25, -0.2) is 0 Å². The molecule has 1 rings (SSSR count). The highest BCUT2D eigenvalue weighted by Crippen LogP contribution is 2.39. The third-order valence-electron chi connectivity index (χ3n) is 3.63. The van der Waals surface area contributed by atoms with Gasteiger partial charge in [0, 0.05) is 6.61 Å². The highest BCUT2D eigenvalue weighted by atomic mass is 29.3. The molecule has 0 radical (unpaired) electrons. The van der Waals surface area contributed by atoms with Gasteiger partial charge in [-0.2, -0.15) is 0 Å². The molecule has 1 saturated heterocycles. The number of hydrogen-bond donors (Lipinski definition) is 0. The molecule has 1 aliphatic rings. The molecule has 0 spiro atoms. The Hall–Kier alpha value is 0.354. The highest BCUT2D eigenvalue weighted by Gasteiger charge is 2.54. The smallest absolute Gasteiger partial charge is 0.207 e. The number of hydrogen-bond acceptors (Lipinski definition) is 2. The lowest BCUT2D eigenvalue weighted by molar-refractivity contribution is 0.0858. The predicted molar refractivity (Wildman–Crippen MR) is 69.9 cm³/mol. The minimum absolute atomic E-state index is 0.0812. The topological polar surface area (TPSA) is 18.5 Å². The van der Waals surface area contributed by atoms with Crippen molar-refractivity contribution in [2.45, 2.75) is 64.9 Å². The standard InChI is InChI=1S/C11H26O2Si2/c1-7-9-12-15(6)10-8-11(2,3)13-14(15,4)5/h7-10H2,1-6H3. The van der Waals surface area contributed by atoms with Gasteiger partial charge in [-0.1, -0.05) is 6.92 Å². The summed E-state index contributed by atoms with van der Waals surface area (Å²) in [5.74, 6) is 0. The Bertz CT molecular complexity index is 229. The average molecular weight is 246 g/mol. The van der Waals surface area contributed by atoms with Gasteiger partial charge in [0.05, 0.1) is 5.60 Å². The van der Waals surface area contributed by atoms with Crippen molar-refractivity contribution < 1.29 is 8.85 Å². The zero-order valence-corrected chi connectivity index (χ0v) is 13.1. The summed E-state index contributed by atoms with van der Waals surface area (Å²) in [5.41, 5.74) is 0.0812. The van der Waals surface area contributed by atoms with Crippen molar-refractivity contribution in [3.8, 4) is 0 Å². The van der Waals surface area contributed by atoms with Crippen LogP contribution in [0.5, 0.6) is 0 Å². The van der Waals surface area contributed by atoms with E-state index < -0.39 is 15.7 Å². The van der Waals surface area contributed by atoms with Gasteiger partial charge in [-0.05, 0) is 52.4 Å². The van der Waals surface area contributed by atoms with Gasteiger partial charge in [0.1, 0.15) is 0 Å². The molecule has 0 aliphatic carbocycles. The van der Waals surface area contributed by atoms with Crippen LogP contribution in [-0.4, -0.2) is 27.9 Å². The van der Waals surface area contributed by atoms with Crippen LogP contribution in [0.3, 0.4) is 0 Å². The maximum absolute atomic E-state index is 6.35. The maximum Gasteiger partial charge on any atom is 0.207 e. The molecule has 1 heterocycles. The Morgan fingerprint density at radius 2 is 1.87 bits per heavy atom. The zero-order chi connectivity index (χ0) is 11.7. The van der Waals surface area contributed by atoms with E-state index in [4.69, 9.17) is 8.85 Å². The average Bonchev–Trinajstić information content (AvgIpc) is 2.08. The molecule has 1 atom stereocenters. The van der Waals surface area contributed by atoms with E-state index in [-0.39, 0.29) is 5.60 Å². The Labute approximate surface area is 96.4 Å². The summed E-state index contributed by atoms with van der Waals surface area (Å²) in [6, 6.07) is 1.28. The Morgan fingerprint density at radius 1 is 1.27 bits per heavy atom. The molecular formula is C11H26O2Si2. The molecule has 2 nitrogen and oxygen atoms in total. The summed E-state index contributed by atoms with van der Waals surface area (Å²) < 4.78 is 12.6. The van der Waals surface area contributed by atoms with Gasteiger partial charge in [0.2, 0.25) is 15.7 Å². The molecule has 0 bridgehead atoms. The van der Waals surface area contributed by atoms with Crippen molar-refractivity contribution in [1.29, 1.82) is 0 Å². The van der Waals surface area contributed by atoms with Crippen LogP contribution in [0.1, 0.15) is 33.6 Å². The summed E-state index contributed by atoms with van der Waals surface area (Å²) in [5, 5.41) is 0. The van der Waals surface area contributed by atoms with Crippen LogP contribution in [0.15, 0.2) is 0 Å². The van der Waals surface area contributed by atoms with Gasteiger partial charge >= 0.3 is 0 Å². The normalized spacial score (nSPS) is 34.0. The first kappa shape index (κ1) is 13.4. The van der Waals surface area contributed by atoms with Crippen molar-refractivity contribution in [3.63, 3.8) is 0 Å². The molecule has 0 aromatic carbocycles. The van der Waals surface area contributed by atoms with Crippen molar-refractivity contribution in [1.82, 2.24) is 0 Å². The summed E-state index contributed by atoms with van der Waals surface area (Å²) >= 11 is 0. The summed E-state index contributed by atoms with van der Waals surface area (Å²) in [6.45, 7) is 14.6. The van der Waals surface area contributed by atoms with Crippen molar-refractivity contribution >= 4 is 15.7 Å². The van der Waals surface area contributed by atoms with Crippen LogP contribution in [-0.2, 0) is 8.85 Å². The van der Waals surface area contributed by atoms with Crippen LogP contribution in [0.25, 0.3) is 0 Å². The van der Waals surface area contributed by atoms with E-state index in [9.17, 15) is 0 Å². The molecule has 1 aliphatic heterocycles. The molecule has 15 heavy (non-hydrogen) atoms. The van der Waals surface area contributed by atoms with Gasteiger partial charge in [-0.3, -0.25) is 0 Å². The molecule has 0 N–H and O–H groups in total. The van der Waals surface area contributed by atoms with E-state index in [0.717, 1.165) is 19.4 Å². The minimum atomic E-state index is -1.60. The first-order valence-corrected chi connectivity index (χ1v) is 12.6. The highest BCUT2D eigenvalue weighted by molar-refractivity contribution is 7.36. The van der Waals surface area contributed by atoms with Crippen molar-refractivity contribution in [3.05, 3.63) is 0 Å². The third kappa shape index (κ3) is 2.93. The van der Waals surface area contributed by atoms with Crippen LogP contribution in [0.2, 0.25) is 25.7 Å². The second kappa shape index (κ2) is 4.32. The third-order valence-corrected chi connectivity index (χ3v) is 18.4. The fourth-order valence-corrected chi connectivity index (χ4v) is 11.8. The fraction of sp³-hybridized carbons (Fsp3) is 1.00. The summed E-state index contributed by atoms with van der Waals surface area (Å²) in [7, 11) is -3.16. The lowest BCUT2D eigenvalue weighted by Crippen LogP contribution is -2.67. The lowest BCUT2D eigenvalue weighted by Gasteiger charge is -2.50. The van der Waals surface area contributed by atoms with Crippen molar-refractivity contribution in [2.24, 2.45) is 0 Å². The molecule has 4 heteroatoms. The van der Waals surface area contributed by atoms with Crippen LogP contribution < -0.4 is 0 Å². The molecule has 0 saturated carbocycles. The van der Waals surface area contributed by atoms with Crippen LogP contribution in [0.4, 0.5) is 0 Å². The zero-order valence-electron chi connectivity index (χ0n) is 11.1. The van der Waals surface area contributed by atoms with E-state index in [1.807, 2.05) is 0 Å². The fourth-order valence-electron chi connectivity index (χ4n) is 2.26. The first-order valence-electron chi connectivity index (χ1n) is 6.07. The number of rotatable bonds is 3. The molecule has 0 aromatic heterocycles. The van der Waals surface area contributed by atoms with Gasteiger partial charge < -0.3 is 8.85 Å². The van der Waals surface area contributed by atoms with E-state index in [0.29, 0.717) is 0 Å². The van der Waals surface area contributed by atoms with Gasteiger partial charge in [0.25, 0.3) is 0 Å². The maximum atomic E-state index is 6.35. The van der Waals surface area contributed by atoms with E-state index in [2.05, 4.69) is 40.4 Å². The minimum Gasteiger partial charge on any atom is -0.417 e. The summed E-state index contributed by atoms with van der Waals surface area (Å²) in [6.07, 6.45) is 2.28. The Morgan fingerprint density at radius 3 is 2.33 bits per heavy atom. The largest absolute Gasteiger partial charge is 0.417 e. The van der Waals surface area contributed by atoms with E-state index in [1.54, 1.807) is 0 Å². The summed E-state index contributed by atoms with van der Waals surface area (Å²) in [4.78, 5) is 0. The Kier molecular flexibility index (Phi) is 3.86. The predicted octanol–water partition coefficient (Wildman–Crippen LogP) is 3.47. The molecule has 0 amide bonds. The van der Waals surface area contributed by atoms with Crippen LogP contribution in [0, 0.1) is 0 Å². The second-order valence-electron chi connectivity index (χ2n) is 5.95. The quantitative estimate of drug-likeness (QED) is 0.710. The first-order chi connectivity index (χ1) is 6.72. The molecule has 1 fully saturated rings. The van der Waals surface area contributed by atoms with E-state index in [1.165, 1.54) is 6.04 Å². The molecule has 0 aromatic rings. The lowest BCUT2D eigenvalue weighted by atomic mass is 10.1. The molecule has 90 valence electrons. The van der Waals surface area contributed by atoms with Gasteiger partial charge in [0.15, 0.2) is 0 Å². The molecular weight excluding hydrogens is 220 g/mol. The van der Waals surface area contributed by atoms with E-state index >= 15 is 0 Å². The van der Waals surface area contributed by atoms with Crippen molar-refractivity contribution in [2.75, 3.05) is 6.61 Å². The second-order valence-corrected chi connectivity index (χ2v) is 19.2. The Balaban J connectivity index is 2.74.